The van der Waals surface area contributed by atoms with Gasteiger partial charge in [-0.25, -0.2) is 0 Å². The van der Waals surface area contributed by atoms with Crippen LogP contribution in [-0.4, -0.2) is 25.7 Å². The minimum atomic E-state index is -0.462. The number of primary amides is 1. The minimum absolute atomic E-state index is 0.442. The van der Waals surface area contributed by atoms with Gasteiger partial charge in [-0.2, -0.15) is 0 Å². The lowest BCUT2D eigenvalue weighted by Gasteiger charge is -2.11. The summed E-state index contributed by atoms with van der Waals surface area (Å²) in [6.07, 6.45) is 1.05. The number of amides is 1. The maximum atomic E-state index is 11.1. The van der Waals surface area contributed by atoms with E-state index in [1.807, 2.05) is 0 Å². The molecule has 0 aliphatic rings. The lowest BCUT2D eigenvalue weighted by atomic mass is 10.1. The second kappa shape index (κ2) is 7.63. The van der Waals surface area contributed by atoms with E-state index in [9.17, 15) is 4.79 Å². The third-order valence-corrected chi connectivity index (χ3v) is 2.74. The quantitative estimate of drug-likeness (QED) is 0.494. The molecule has 1 aromatic carbocycles. The Balaban J connectivity index is 2.36. The van der Waals surface area contributed by atoms with E-state index >= 15 is 0 Å². The number of carbonyl (C=O) groups is 1. The van der Waals surface area contributed by atoms with Gasteiger partial charge < -0.3 is 21.5 Å². The monoisotopic (exact) mass is 265 g/mol. The number of anilines is 2. The van der Waals surface area contributed by atoms with Crippen molar-refractivity contribution in [3.63, 3.8) is 0 Å². The zero-order valence-electron chi connectivity index (χ0n) is 11.6. The van der Waals surface area contributed by atoms with E-state index in [4.69, 9.17) is 16.2 Å². The summed E-state index contributed by atoms with van der Waals surface area (Å²) in [6, 6.07) is 4.94. The van der Waals surface area contributed by atoms with Crippen LogP contribution in [0.3, 0.4) is 0 Å². The van der Waals surface area contributed by atoms with Crippen molar-refractivity contribution >= 4 is 17.3 Å². The number of benzene rings is 1. The van der Waals surface area contributed by atoms with Crippen LogP contribution in [0.15, 0.2) is 18.2 Å². The van der Waals surface area contributed by atoms with Gasteiger partial charge in [-0.05, 0) is 30.5 Å². The van der Waals surface area contributed by atoms with Crippen LogP contribution >= 0.6 is 0 Å². The highest BCUT2D eigenvalue weighted by molar-refractivity contribution is 5.94. The van der Waals surface area contributed by atoms with Crippen molar-refractivity contribution in [2.75, 3.05) is 30.8 Å². The molecule has 0 saturated heterocycles. The molecule has 0 aromatic heterocycles. The van der Waals surface area contributed by atoms with E-state index in [1.54, 1.807) is 18.2 Å². The Hall–Kier alpha value is -1.75. The van der Waals surface area contributed by atoms with Gasteiger partial charge in [0.25, 0.3) is 0 Å². The van der Waals surface area contributed by atoms with Gasteiger partial charge in [0.05, 0.1) is 18.0 Å². The second-order valence-electron chi connectivity index (χ2n) is 4.89. The van der Waals surface area contributed by atoms with Crippen LogP contribution in [0.5, 0.6) is 0 Å². The Bertz CT molecular complexity index is 419. The van der Waals surface area contributed by atoms with Gasteiger partial charge in [0.1, 0.15) is 0 Å². The minimum Gasteiger partial charge on any atom is -0.397 e. The summed E-state index contributed by atoms with van der Waals surface area (Å²) in [5.41, 5.74) is 12.8. The fraction of sp³-hybridized carbons (Fsp3) is 0.500. The molecule has 19 heavy (non-hydrogen) atoms. The number of carbonyl (C=O) groups excluding carboxylic acids is 1. The first-order chi connectivity index (χ1) is 9.00. The molecule has 0 spiro atoms. The zero-order chi connectivity index (χ0) is 14.3. The summed E-state index contributed by atoms with van der Waals surface area (Å²) in [5, 5.41) is 3.14. The number of ether oxygens (including phenoxy) is 1. The number of hydrogen-bond acceptors (Lipinski definition) is 4. The largest absolute Gasteiger partial charge is 0.397 e. The maximum Gasteiger partial charge on any atom is 0.248 e. The normalized spacial score (nSPS) is 10.7. The highest BCUT2D eigenvalue weighted by atomic mass is 16.5. The fourth-order valence-electron chi connectivity index (χ4n) is 1.54. The predicted molar refractivity (Wildman–Crippen MR) is 78.1 cm³/mol. The Morgan fingerprint density at radius 2 is 2.11 bits per heavy atom. The fourth-order valence-corrected chi connectivity index (χ4v) is 1.54. The molecule has 0 fully saturated rings. The van der Waals surface area contributed by atoms with Gasteiger partial charge in [-0.3, -0.25) is 4.79 Å². The van der Waals surface area contributed by atoms with E-state index in [0.29, 0.717) is 36.0 Å². The molecule has 5 N–H and O–H groups in total. The first kappa shape index (κ1) is 15.3. The Morgan fingerprint density at radius 1 is 1.37 bits per heavy atom. The van der Waals surface area contributed by atoms with Crippen LogP contribution in [0, 0.1) is 5.92 Å². The van der Waals surface area contributed by atoms with E-state index < -0.39 is 5.91 Å². The van der Waals surface area contributed by atoms with Gasteiger partial charge in [0, 0.05) is 18.7 Å². The van der Waals surface area contributed by atoms with Crippen LogP contribution in [0.1, 0.15) is 30.6 Å². The molecule has 1 aromatic rings. The number of rotatable bonds is 8. The molecule has 0 unspecified atom stereocenters. The van der Waals surface area contributed by atoms with Crippen LogP contribution in [0.2, 0.25) is 0 Å². The molecular weight excluding hydrogens is 242 g/mol. The molecule has 5 heteroatoms. The molecule has 0 heterocycles. The lowest BCUT2D eigenvalue weighted by molar-refractivity contribution is 0.100. The van der Waals surface area contributed by atoms with Crippen molar-refractivity contribution in [3.05, 3.63) is 23.8 Å². The first-order valence-electron chi connectivity index (χ1n) is 6.51. The van der Waals surface area contributed by atoms with Crippen LogP contribution in [0.25, 0.3) is 0 Å². The van der Waals surface area contributed by atoms with E-state index in [1.165, 1.54) is 0 Å². The van der Waals surface area contributed by atoms with Crippen LogP contribution < -0.4 is 16.8 Å². The second-order valence-corrected chi connectivity index (χ2v) is 4.89. The van der Waals surface area contributed by atoms with Gasteiger partial charge >= 0.3 is 0 Å². The number of nitrogens with one attached hydrogen (secondary N) is 1. The predicted octanol–water partition coefficient (Wildman–Crippen LogP) is 1.84. The highest BCUT2D eigenvalue weighted by Gasteiger charge is 2.04. The van der Waals surface area contributed by atoms with E-state index in [2.05, 4.69) is 19.2 Å². The van der Waals surface area contributed by atoms with Crippen molar-refractivity contribution in [2.45, 2.75) is 20.3 Å². The van der Waals surface area contributed by atoms with Gasteiger partial charge in [0.15, 0.2) is 0 Å². The first-order valence-corrected chi connectivity index (χ1v) is 6.51. The number of nitrogens with two attached hydrogens (primary N) is 2. The van der Waals surface area contributed by atoms with Gasteiger partial charge in [0.2, 0.25) is 5.91 Å². The van der Waals surface area contributed by atoms with Crippen LogP contribution in [0.4, 0.5) is 11.4 Å². The standard InChI is InChI=1S/C14H23N3O2/c1-10(2)5-7-19-8-6-17-13-9-11(14(16)18)3-4-12(13)15/h3-4,9-10,17H,5-8,15H2,1-2H3,(H2,16,18). The third-order valence-electron chi connectivity index (χ3n) is 2.74. The van der Waals surface area contributed by atoms with Crippen molar-refractivity contribution in [2.24, 2.45) is 11.7 Å². The topological polar surface area (TPSA) is 90.4 Å². The molecule has 0 aliphatic carbocycles. The summed E-state index contributed by atoms with van der Waals surface area (Å²) in [5.74, 6) is 0.187. The number of nitrogen functional groups attached to an aromatic ring is 1. The van der Waals surface area contributed by atoms with Gasteiger partial charge in [-0.15, -0.1) is 0 Å². The highest BCUT2D eigenvalue weighted by Crippen LogP contribution is 2.19. The molecule has 0 aliphatic heterocycles. The summed E-state index contributed by atoms with van der Waals surface area (Å²) < 4.78 is 5.49. The Morgan fingerprint density at radius 3 is 2.74 bits per heavy atom. The van der Waals surface area contributed by atoms with Gasteiger partial charge in [-0.1, -0.05) is 13.8 Å². The summed E-state index contributed by atoms with van der Waals surface area (Å²) in [7, 11) is 0. The smallest absolute Gasteiger partial charge is 0.248 e. The SMILES string of the molecule is CC(C)CCOCCNc1cc(C(N)=O)ccc1N. The Kier molecular flexibility index (Phi) is 6.15. The van der Waals surface area contributed by atoms with Crippen molar-refractivity contribution in [3.8, 4) is 0 Å². The molecular formula is C14H23N3O2. The molecule has 0 radical (unpaired) electrons. The van der Waals surface area contributed by atoms with Crippen molar-refractivity contribution in [1.29, 1.82) is 0 Å². The van der Waals surface area contributed by atoms with Crippen LogP contribution in [-0.2, 0) is 4.74 Å². The van der Waals surface area contributed by atoms with Crippen molar-refractivity contribution < 1.29 is 9.53 Å². The molecule has 1 amide bonds. The summed E-state index contributed by atoms with van der Waals surface area (Å²) >= 11 is 0. The van der Waals surface area contributed by atoms with E-state index in [0.717, 1.165) is 13.0 Å². The van der Waals surface area contributed by atoms with Crippen molar-refractivity contribution in [1.82, 2.24) is 0 Å². The third kappa shape index (κ3) is 5.61. The molecule has 0 atom stereocenters. The Labute approximate surface area is 114 Å². The average molecular weight is 265 g/mol. The summed E-state index contributed by atoms with van der Waals surface area (Å²) in [6.45, 7) is 6.34. The molecule has 0 bridgehead atoms. The molecule has 1 rings (SSSR count). The molecule has 106 valence electrons. The maximum absolute atomic E-state index is 11.1. The number of hydrogen-bond donors (Lipinski definition) is 3. The molecule has 0 saturated carbocycles. The van der Waals surface area contributed by atoms with E-state index in [-0.39, 0.29) is 0 Å². The average Bonchev–Trinajstić information content (AvgIpc) is 2.34. The zero-order valence-corrected chi connectivity index (χ0v) is 11.6. The lowest BCUT2D eigenvalue weighted by Crippen LogP contribution is -2.14. The molecule has 5 nitrogen and oxygen atoms in total. The summed E-state index contributed by atoms with van der Waals surface area (Å²) in [4.78, 5) is 11.1.